The molecular weight excluding hydrogens is 368 g/mol. The van der Waals surface area contributed by atoms with Gasteiger partial charge < -0.3 is 20.4 Å². The number of benzene rings is 1. The zero-order valence-electron chi connectivity index (χ0n) is 16.9. The zero-order valence-corrected chi connectivity index (χ0v) is 16.9. The molecule has 8 nitrogen and oxygen atoms in total. The average molecular weight is 396 g/mol. The third-order valence-corrected chi connectivity index (χ3v) is 4.94. The smallest absolute Gasteiger partial charge is 0.318 e. The highest BCUT2D eigenvalue weighted by atomic mass is 16.2. The Kier molecular flexibility index (Phi) is 6.99. The van der Waals surface area contributed by atoms with Crippen molar-refractivity contribution in [3.8, 4) is 0 Å². The molecule has 3 amide bonds. The lowest BCUT2D eigenvalue weighted by Crippen LogP contribution is -2.57. The molecule has 0 spiro atoms. The Hall–Kier alpha value is -3.16. The van der Waals surface area contributed by atoms with E-state index in [0.29, 0.717) is 38.7 Å². The molecule has 0 radical (unpaired) electrons. The van der Waals surface area contributed by atoms with Gasteiger partial charge in [-0.05, 0) is 17.5 Å². The Morgan fingerprint density at radius 1 is 1.00 bits per heavy atom. The van der Waals surface area contributed by atoms with Crippen LogP contribution in [0, 0.1) is 5.92 Å². The third-order valence-electron chi connectivity index (χ3n) is 4.94. The van der Waals surface area contributed by atoms with Crippen molar-refractivity contribution < 1.29 is 9.59 Å². The van der Waals surface area contributed by atoms with Crippen molar-refractivity contribution in [1.29, 1.82) is 0 Å². The highest BCUT2D eigenvalue weighted by molar-refractivity contribution is 5.87. The van der Waals surface area contributed by atoms with Crippen molar-refractivity contribution in [3.63, 3.8) is 0 Å². The van der Waals surface area contributed by atoms with Crippen LogP contribution in [0.25, 0.3) is 0 Å². The van der Waals surface area contributed by atoms with Gasteiger partial charge in [0.25, 0.3) is 0 Å². The maximum Gasteiger partial charge on any atom is 0.318 e. The number of aromatic nitrogens is 2. The summed E-state index contributed by atoms with van der Waals surface area (Å²) in [5.41, 5.74) is 1.02. The maximum absolute atomic E-state index is 12.7. The van der Waals surface area contributed by atoms with Crippen LogP contribution < -0.4 is 15.5 Å². The normalized spacial score (nSPS) is 15.1. The van der Waals surface area contributed by atoms with Crippen molar-refractivity contribution >= 4 is 17.9 Å². The second kappa shape index (κ2) is 9.86. The molecule has 1 aromatic heterocycles. The summed E-state index contributed by atoms with van der Waals surface area (Å²) in [6.45, 7) is 6.72. The summed E-state index contributed by atoms with van der Waals surface area (Å²) in [6, 6.07) is 10.7. The zero-order chi connectivity index (χ0) is 20.6. The Morgan fingerprint density at radius 2 is 1.66 bits per heavy atom. The van der Waals surface area contributed by atoms with Crippen LogP contribution in [0.4, 0.5) is 10.7 Å². The number of hydrogen-bond donors (Lipinski definition) is 2. The van der Waals surface area contributed by atoms with Gasteiger partial charge in [-0.15, -0.1) is 0 Å². The quantitative estimate of drug-likeness (QED) is 0.775. The summed E-state index contributed by atoms with van der Waals surface area (Å²) in [6.07, 6.45) is 3.42. The molecule has 1 saturated heterocycles. The van der Waals surface area contributed by atoms with Crippen LogP contribution in [0.5, 0.6) is 0 Å². The monoisotopic (exact) mass is 396 g/mol. The van der Waals surface area contributed by atoms with Crippen LogP contribution in [0.3, 0.4) is 0 Å². The first kappa shape index (κ1) is 20.6. The van der Waals surface area contributed by atoms with E-state index in [4.69, 9.17) is 0 Å². The molecule has 154 valence electrons. The molecule has 29 heavy (non-hydrogen) atoms. The number of carbonyl (C=O) groups excluding carboxylic acids is 2. The molecular formula is C21H28N6O2. The number of piperazine rings is 1. The second-order valence-corrected chi connectivity index (χ2v) is 7.40. The Labute approximate surface area is 171 Å². The van der Waals surface area contributed by atoms with Gasteiger partial charge in [0.1, 0.15) is 6.04 Å². The first-order chi connectivity index (χ1) is 14.0. The predicted molar refractivity (Wildman–Crippen MR) is 111 cm³/mol. The highest BCUT2D eigenvalue weighted by Crippen LogP contribution is 2.11. The van der Waals surface area contributed by atoms with Crippen molar-refractivity contribution in [2.45, 2.75) is 26.4 Å². The molecule has 1 atom stereocenters. The van der Waals surface area contributed by atoms with E-state index >= 15 is 0 Å². The van der Waals surface area contributed by atoms with E-state index in [9.17, 15) is 9.59 Å². The van der Waals surface area contributed by atoms with Gasteiger partial charge in [0.05, 0.1) is 0 Å². The standard InChI is InChI=1S/C21H28N6O2/c1-16(2)18(19(28)24-15-17-7-4-3-5-8-17)25-21(29)27-13-11-26(12-14-27)20-22-9-6-10-23-20/h3-10,16,18H,11-15H2,1-2H3,(H,24,28)(H,25,29)/t18-/m0/s1. The molecule has 2 aromatic rings. The summed E-state index contributed by atoms with van der Waals surface area (Å²) >= 11 is 0. The van der Waals surface area contributed by atoms with E-state index in [1.165, 1.54) is 0 Å². The molecule has 0 unspecified atom stereocenters. The third kappa shape index (κ3) is 5.66. The Morgan fingerprint density at radius 3 is 2.28 bits per heavy atom. The largest absolute Gasteiger partial charge is 0.350 e. The van der Waals surface area contributed by atoms with E-state index in [1.54, 1.807) is 23.4 Å². The maximum atomic E-state index is 12.7. The highest BCUT2D eigenvalue weighted by Gasteiger charge is 2.28. The molecule has 2 heterocycles. The summed E-state index contributed by atoms with van der Waals surface area (Å²) in [7, 11) is 0. The van der Waals surface area contributed by atoms with Gasteiger partial charge in [-0.25, -0.2) is 14.8 Å². The lowest BCUT2D eigenvalue weighted by molar-refractivity contribution is -0.124. The fourth-order valence-corrected chi connectivity index (χ4v) is 3.22. The predicted octanol–water partition coefficient (Wildman–Crippen LogP) is 1.65. The molecule has 0 aliphatic carbocycles. The summed E-state index contributed by atoms with van der Waals surface area (Å²) < 4.78 is 0. The van der Waals surface area contributed by atoms with Crippen LogP contribution >= 0.6 is 0 Å². The first-order valence-electron chi connectivity index (χ1n) is 9.93. The molecule has 0 saturated carbocycles. The minimum atomic E-state index is -0.582. The van der Waals surface area contributed by atoms with E-state index < -0.39 is 6.04 Å². The van der Waals surface area contributed by atoms with E-state index in [1.807, 2.05) is 44.2 Å². The van der Waals surface area contributed by atoms with E-state index in [2.05, 4.69) is 25.5 Å². The van der Waals surface area contributed by atoms with Gasteiger partial charge >= 0.3 is 6.03 Å². The summed E-state index contributed by atoms with van der Waals surface area (Å²) in [5.74, 6) is 0.482. The number of nitrogens with one attached hydrogen (secondary N) is 2. The van der Waals surface area contributed by atoms with Gasteiger partial charge in [-0.2, -0.15) is 0 Å². The lowest BCUT2D eigenvalue weighted by Gasteiger charge is -2.35. The molecule has 3 rings (SSSR count). The summed E-state index contributed by atoms with van der Waals surface area (Å²) in [4.78, 5) is 37.7. The van der Waals surface area contributed by atoms with E-state index in [-0.39, 0.29) is 17.9 Å². The molecule has 1 aliphatic heterocycles. The number of urea groups is 1. The summed E-state index contributed by atoms with van der Waals surface area (Å²) in [5, 5.41) is 5.82. The molecule has 1 aliphatic rings. The van der Waals surface area contributed by atoms with Crippen molar-refractivity contribution in [3.05, 3.63) is 54.4 Å². The second-order valence-electron chi connectivity index (χ2n) is 7.40. The number of rotatable bonds is 6. The molecule has 1 fully saturated rings. The Balaban J connectivity index is 1.51. The number of nitrogens with zero attached hydrogens (tertiary/aromatic N) is 4. The van der Waals surface area contributed by atoms with Crippen molar-refractivity contribution in [2.75, 3.05) is 31.1 Å². The molecule has 1 aromatic carbocycles. The number of hydrogen-bond acceptors (Lipinski definition) is 5. The molecule has 2 N–H and O–H groups in total. The minimum Gasteiger partial charge on any atom is -0.350 e. The van der Waals surface area contributed by atoms with E-state index in [0.717, 1.165) is 5.56 Å². The van der Waals surface area contributed by atoms with Gasteiger partial charge in [0.15, 0.2) is 0 Å². The number of anilines is 1. The first-order valence-corrected chi connectivity index (χ1v) is 9.93. The average Bonchev–Trinajstić information content (AvgIpc) is 2.77. The minimum absolute atomic E-state index is 0.0197. The number of amides is 3. The van der Waals surface area contributed by atoms with Crippen LogP contribution in [0.1, 0.15) is 19.4 Å². The van der Waals surface area contributed by atoms with Gasteiger partial charge in [0.2, 0.25) is 11.9 Å². The van der Waals surface area contributed by atoms with Crippen LogP contribution in [-0.2, 0) is 11.3 Å². The van der Waals surface area contributed by atoms with Crippen LogP contribution in [0.2, 0.25) is 0 Å². The topological polar surface area (TPSA) is 90.5 Å². The fraction of sp³-hybridized carbons (Fsp3) is 0.429. The molecule has 0 bridgehead atoms. The lowest BCUT2D eigenvalue weighted by atomic mass is 10.0. The van der Waals surface area contributed by atoms with Gasteiger partial charge in [0, 0.05) is 45.1 Å². The SMILES string of the molecule is CC(C)[C@H](NC(=O)N1CCN(c2ncccn2)CC1)C(=O)NCc1ccccc1. The number of carbonyl (C=O) groups is 2. The van der Waals surface area contributed by atoms with Crippen molar-refractivity contribution in [1.82, 2.24) is 25.5 Å². The van der Waals surface area contributed by atoms with Gasteiger partial charge in [-0.1, -0.05) is 44.2 Å². The van der Waals surface area contributed by atoms with Crippen LogP contribution in [-0.4, -0.2) is 59.0 Å². The fourth-order valence-electron chi connectivity index (χ4n) is 3.22. The van der Waals surface area contributed by atoms with Crippen molar-refractivity contribution in [2.24, 2.45) is 5.92 Å². The Bertz CT molecular complexity index is 791. The molecule has 8 heteroatoms. The van der Waals surface area contributed by atoms with Crippen LogP contribution in [0.15, 0.2) is 48.8 Å². The van der Waals surface area contributed by atoms with Gasteiger partial charge in [-0.3, -0.25) is 4.79 Å².